The zero-order valence-electron chi connectivity index (χ0n) is 11.3. The molecule has 0 radical (unpaired) electrons. The normalized spacial score (nSPS) is 24.1. The number of ether oxygens (including phenoxy) is 1. The first-order chi connectivity index (χ1) is 8.60. The van der Waals surface area contributed by atoms with Gasteiger partial charge in [-0.3, -0.25) is 10.1 Å². The minimum absolute atomic E-state index is 0.404. The van der Waals surface area contributed by atoms with Gasteiger partial charge in [0, 0.05) is 19.3 Å². The van der Waals surface area contributed by atoms with Gasteiger partial charge in [-0.25, -0.2) is 0 Å². The van der Waals surface area contributed by atoms with Gasteiger partial charge in [0.15, 0.2) is 0 Å². The first-order valence-electron chi connectivity index (χ1n) is 7.19. The van der Waals surface area contributed by atoms with Crippen LogP contribution in [-0.4, -0.2) is 35.9 Å². The van der Waals surface area contributed by atoms with Gasteiger partial charge in [0.2, 0.25) is 0 Å². The lowest BCUT2D eigenvalue weighted by atomic mass is 9.98. The van der Waals surface area contributed by atoms with E-state index in [9.17, 15) is 9.90 Å². The van der Waals surface area contributed by atoms with E-state index in [-0.39, 0.29) is 0 Å². The molecule has 0 spiro atoms. The third kappa shape index (κ3) is 3.95. The van der Waals surface area contributed by atoms with E-state index < -0.39 is 11.5 Å². The van der Waals surface area contributed by atoms with Crippen LogP contribution in [0.1, 0.15) is 51.9 Å². The Morgan fingerprint density at radius 1 is 1.33 bits per heavy atom. The van der Waals surface area contributed by atoms with Gasteiger partial charge >= 0.3 is 5.97 Å². The van der Waals surface area contributed by atoms with E-state index >= 15 is 0 Å². The Hall–Kier alpha value is -0.610. The number of carbonyl (C=O) groups is 1. The Balaban J connectivity index is 1.66. The van der Waals surface area contributed by atoms with Crippen molar-refractivity contribution >= 4 is 5.97 Å². The summed E-state index contributed by atoms with van der Waals surface area (Å²) in [5.74, 6) is -0.0589. The van der Waals surface area contributed by atoms with E-state index in [0.717, 1.165) is 19.4 Å². The molecular formula is C14H25NO3. The molecule has 2 aliphatic rings. The molecule has 0 amide bonds. The summed E-state index contributed by atoms with van der Waals surface area (Å²) in [6, 6.07) is 0.404. The summed E-state index contributed by atoms with van der Waals surface area (Å²) in [6.45, 7) is 3.12. The molecule has 104 valence electrons. The quantitative estimate of drug-likeness (QED) is 0.653. The third-order valence-electron chi connectivity index (χ3n) is 4.15. The number of carboxylic acids is 1. The number of aliphatic carboxylic acids is 1. The molecule has 0 saturated heterocycles. The average molecular weight is 255 g/mol. The largest absolute Gasteiger partial charge is 0.480 e. The van der Waals surface area contributed by atoms with E-state index in [1.807, 2.05) is 0 Å². The second-order valence-electron chi connectivity index (χ2n) is 6.03. The predicted molar refractivity (Wildman–Crippen MR) is 69.6 cm³/mol. The molecule has 0 heterocycles. The molecule has 2 rings (SSSR count). The van der Waals surface area contributed by atoms with Crippen molar-refractivity contribution < 1.29 is 14.6 Å². The molecule has 0 aromatic rings. The van der Waals surface area contributed by atoms with E-state index in [1.165, 1.54) is 25.7 Å². The maximum absolute atomic E-state index is 11.3. The van der Waals surface area contributed by atoms with Crippen molar-refractivity contribution in [2.45, 2.75) is 63.5 Å². The molecular weight excluding hydrogens is 230 g/mol. The lowest BCUT2D eigenvalue weighted by molar-refractivity contribution is -0.145. The molecule has 1 atom stereocenters. The van der Waals surface area contributed by atoms with Crippen molar-refractivity contribution in [3.8, 4) is 0 Å². The molecule has 18 heavy (non-hydrogen) atoms. The van der Waals surface area contributed by atoms with E-state index in [1.54, 1.807) is 6.92 Å². The topological polar surface area (TPSA) is 58.6 Å². The number of hydrogen-bond acceptors (Lipinski definition) is 3. The highest BCUT2D eigenvalue weighted by atomic mass is 16.5. The van der Waals surface area contributed by atoms with Crippen molar-refractivity contribution in [3.05, 3.63) is 0 Å². The SMILES string of the molecule is CC(CCOCC1CCCC1)(NC1CC1)C(=O)O. The standard InChI is InChI=1S/C14H25NO3/c1-14(13(16)17,15-12-6-7-12)8-9-18-10-11-4-2-3-5-11/h11-12,15H,2-10H2,1H3,(H,16,17). The van der Waals surface area contributed by atoms with Crippen LogP contribution < -0.4 is 5.32 Å². The molecule has 2 fully saturated rings. The molecule has 0 aliphatic heterocycles. The van der Waals surface area contributed by atoms with Crippen LogP contribution in [0.15, 0.2) is 0 Å². The maximum Gasteiger partial charge on any atom is 0.323 e. The van der Waals surface area contributed by atoms with Crippen LogP contribution in [-0.2, 0) is 9.53 Å². The van der Waals surface area contributed by atoms with E-state index in [0.29, 0.717) is 25.0 Å². The summed E-state index contributed by atoms with van der Waals surface area (Å²) in [6.07, 6.45) is 7.95. The molecule has 4 nitrogen and oxygen atoms in total. The first kappa shape index (κ1) is 13.8. The van der Waals surface area contributed by atoms with Crippen LogP contribution in [0.25, 0.3) is 0 Å². The van der Waals surface area contributed by atoms with Gasteiger partial charge in [0.05, 0.1) is 0 Å². The summed E-state index contributed by atoms with van der Waals surface area (Å²) >= 11 is 0. The molecule has 2 N–H and O–H groups in total. The fourth-order valence-corrected chi connectivity index (χ4v) is 2.62. The van der Waals surface area contributed by atoms with Gasteiger partial charge in [-0.1, -0.05) is 12.8 Å². The summed E-state index contributed by atoms with van der Waals surface area (Å²) in [5.41, 5.74) is -0.823. The zero-order valence-corrected chi connectivity index (χ0v) is 11.3. The average Bonchev–Trinajstić information content (AvgIpc) is 2.97. The van der Waals surface area contributed by atoms with Crippen molar-refractivity contribution in [3.63, 3.8) is 0 Å². The molecule has 4 heteroatoms. The van der Waals surface area contributed by atoms with Gasteiger partial charge in [0.25, 0.3) is 0 Å². The van der Waals surface area contributed by atoms with Crippen LogP contribution in [0.2, 0.25) is 0 Å². The fraction of sp³-hybridized carbons (Fsp3) is 0.929. The Morgan fingerprint density at radius 2 is 2.00 bits per heavy atom. The molecule has 1 unspecified atom stereocenters. The van der Waals surface area contributed by atoms with E-state index in [2.05, 4.69) is 5.32 Å². The molecule has 2 aliphatic carbocycles. The van der Waals surface area contributed by atoms with Gasteiger partial charge < -0.3 is 9.84 Å². The fourth-order valence-electron chi connectivity index (χ4n) is 2.62. The highest BCUT2D eigenvalue weighted by molar-refractivity contribution is 5.78. The third-order valence-corrected chi connectivity index (χ3v) is 4.15. The summed E-state index contributed by atoms with van der Waals surface area (Å²) in [4.78, 5) is 11.3. The number of nitrogens with one attached hydrogen (secondary N) is 1. The number of carboxylic acid groups (broad SMARTS) is 1. The van der Waals surface area contributed by atoms with Crippen LogP contribution in [0, 0.1) is 5.92 Å². The van der Waals surface area contributed by atoms with Crippen molar-refractivity contribution in [2.75, 3.05) is 13.2 Å². The number of rotatable bonds is 8. The van der Waals surface area contributed by atoms with Gasteiger partial charge in [-0.2, -0.15) is 0 Å². The molecule has 2 saturated carbocycles. The summed E-state index contributed by atoms with van der Waals surface area (Å²) in [7, 11) is 0. The van der Waals surface area contributed by atoms with Gasteiger partial charge in [0.1, 0.15) is 5.54 Å². The second kappa shape index (κ2) is 6.02. The highest BCUT2D eigenvalue weighted by Gasteiger charge is 2.38. The number of hydrogen-bond donors (Lipinski definition) is 2. The maximum atomic E-state index is 11.3. The smallest absolute Gasteiger partial charge is 0.323 e. The van der Waals surface area contributed by atoms with Gasteiger partial charge in [-0.05, 0) is 44.9 Å². The molecule has 0 aromatic carbocycles. The zero-order chi connectivity index (χ0) is 13.0. The lowest BCUT2D eigenvalue weighted by Crippen LogP contribution is -2.51. The van der Waals surface area contributed by atoms with Crippen molar-refractivity contribution in [1.82, 2.24) is 5.32 Å². The van der Waals surface area contributed by atoms with Gasteiger partial charge in [-0.15, -0.1) is 0 Å². The van der Waals surface area contributed by atoms with Crippen molar-refractivity contribution in [2.24, 2.45) is 5.92 Å². The summed E-state index contributed by atoms with van der Waals surface area (Å²) in [5, 5.41) is 12.5. The monoisotopic (exact) mass is 255 g/mol. The predicted octanol–water partition coefficient (Wildman–Crippen LogP) is 2.18. The summed E-state index contributed by atoms with van der Waals surface area (Å²) < 4.78 is 5.66. The van der Waals surface area contributed by atoms with Crippen LogP contribution in [0.3, 0.4) is 0 Å². The Labute approximate surface area is 109 Å². The lowest BCUT2D eigenvalue weighted by Gasteiger charge is -2.26. The Bertz CT molecular complexity index is 285. The minimum Gasteiger partial charge on any atom is -0.480 e. The van der Waals surface area contributed by atoms with E-state index in [4.69, 9.17) is 4.74 Å². The minimum atomic E-state index is -0.823. The van der Waals surface area contributed by atoms with Crippen molar-refractivity contribution in [1.29, 1.82) is 0 Å². The Morgan fingerprint density at radius 3 is 2.56 bits per heavy atom. The van der Waals surface area contributed by atoms with Crippen LogP contribution in [0.4, 0.5) is 0 Å². The first-order valence-corrected chi connectivity index (χ1v) is 7.19. The molecule has 0 bridgehead atoms. The van der Waals surface area contributed by atoms with Crippen LogP contribution in [0.5, 0.6) is 0 Å². The Kier molecular flexibility index (Phi) is 4.62. The highest BCUT2D eigenvalue weighted by Crippen LogP contribution is 2.26. The van der Waals surface area contributed by atoms with Crippen LogP contribution >= 0.6 is 0 Å². The second-order valence-corrected chi connectivity index (χ2v) is 6.03. The molecule has 0 aromatic heterocycles.